The van der Waals surface area contributed by atoms with Crippen LogP contribution in [0.1, 0.15) is 69.8 Å². The minimum atomic E-state index is -5.12. The Hall–Kier alpha value is -1.85. The van der Waals surface area contributed by atoms with Gasteiger partial charge in [0.05, 0.1) is 0 Å². The van der Waals surface area contributed by atoms with Gasteiger partial charge in [0.15, 0.2) is 11.6 Å². The first-order chi connectivity index (χ1) is 14.3. The number of allylic oxidation sites excluding steroid dienone is 4. The van der Waals surface area contributed by atoms with Crippen molar-refractivity contribution in [3.63, 3.8) is 0 Å². The molecule has 0 bridgehead atoms. The Morgan fingerprint density at radius 1 is 0.833 bits per heavy atom. The molecule has 0 amide bonds. The van der Waals surface area contributed by atoms with Gasteiger partial charge in [-0.05, 0) is 99.7 Å². The predicted molar refractivity (Wildman–Crippen MR) is 107 cm³/mol. The standard InChI is InChI=1S/C24H29F5O/c1-2-3-4-5-16-6-8-17(9-7-16)18-10-12-19(13-11-18)20-14-21(25)23(22(26)15-20)30-24(27,28)29/h2-5,14-19H,6-13H2,1H3/b3-2+,5-4+. The maximum atomic E-state index is 14.0. The number of alkyl halides is 3. The van der Waals surface area contributed by atoms with Crippen LogP contribution >= 0.6 is 0 Å². The summed E-state index contributed by atoms with van der Waals surface area (Å²) < 4.78 is 68.5. The molecule has 0 aromatic heterocycles. The van der Waals surface area contributed by atoms with Crippen LogP contribution in [0.2, 0.25) is 0 Å². The lowest BCUT2D eigenvalue weighted by Crippen LogP contribution is -2.25. The van der Waals surface area contributed by atoms with E-state index in [4.69, 9.17) is 0 Å². The second-order valence-electron chi connectivity index (χ2n) is 8.56. The van der Waals surface area contributed by atoms with Crippen molar-refractivity contribution >= 4 is 0 Å². The molecule has 3 rings (SSSR count). The highest BCUT2D eigenvalue weighted by Gasteiger charge is 2.35. The van der Waals surface area contributed by atoms with E-state index in [0.717, 1.165) is 37.8 Å². The zero-order valence-electron chi connectivity index (χ0n) is 17.2. The molecule has 0 unspecified atom stereocenters. The molecule has 30 heavy (non-hydrogen) atoms. The van der Waals surface area contributed by atoms with Gasteiger partial charge in [0.25, 0.3) is 0 Å². The van der Waals surface area contributed by atoms with E-state index < -0.39 is 23.7 Å². The van der Waals surface area contributed by atoms with Gasteiger partial charge in [-0.3, -0.25) is 0 Å². The van der Waals surface area contributed by atoms with E-state index in [1.807, 2.05) is 13.0 Å². The fourth-order valence-electron chi connectivity index (χ4n) is 5.09. The van der Waals surface area contributed by atoms with Gasteiger partial charge in [-0.15, -0.1) is 13.2 Å². The summed E-state index contributed by atoms with van der Waals surface area (Å²) in [6.45, 7) is 2.00. The number of ether oxygens (including phenoxy) is 1. The van der Waals surface area contributed by atoms with Crippen molar-refractivity contribution in [2.45, 2.75) is 70.6 Å². The molecule has 0 atom stereocenters. The highest BCUT2D eigenvalue weighted by atomic mass is 19.4. The minimum Gasteiger partial charge on any atom is -0.399 e. The van der Waals surface area contributed by atoms with Gasteiger partial charge in [0.1, 0.15) is 0 Å². The SMILES string of the molecule is C/C=C/C=C/C1CCC(C2CCC(c3cc(F)c(OC(F)(F)F)c(F)c3)CC2)CC1. The van der Waals surface area contributed by atoms with E-state index in [1.54, 1.807) is 0 Å². The second kappa shape index (κ2) is 9.97. The van der Waals surface area contributed by atoms with Crippen molar-refractivity contribution in [2.24, 2.45) is 17.8 Å². The molecule has 0 N–H and O–H groups in total. The van der Waals surface area contributed by atoms with Gasteiger partial charge < -0.3 is 4.74 Å². The summed E-state index contributed by atoms with van der Waals surface area (Å²) in [5, 5.41) is 0. The normalized spacial score (nSPS) is 28.3. The summed E-state index contributed by atoms with van der Waals surface area (Å²) >= 11 is 0. The summed E-state index contributed by atoms with van der Waals surface area (Å²) in [7, 11) is 0. The Labute approximate surface area is 175 Å². The van der Waals surface area contributed by atoms with Crippen LogP contribution in [0.5, 0.6) is 5.75 Å². The summed E-state index contributed by atoms with van der Waals surface area (Å²) in [6.07, 6.45) is 11.8. The maximum Gasteiger partial charge on any atom is 0.573 e. The average molecular weight is 428 g/mol. The molecule has 2 saturated carbocycles. The Morgan fingerprint density at radius 3 is 1.87 bits per heavy atom. The Morgan fingerprint density at radius 2 is 1.37 bits per heavy atom. The third-order valence-corrected chi connectivity index (χ3v) is 6.65. The molecule has 0 spiro atoms. The molecular formula is C24H29F5O. The highest BCUT2D eigenvalue weighted by molar-refractivity contribution is 5.33. The van der Waals surface area contributed by atoms with Crippen LogP contribution in [-0.4, -0.2) is 6.36 Å². The van der Waals surface area contributed by atoms with Gasteiger partial charge in [-0.25, -0.2) is 8.78 Å². The number of hydrogen-bond donors (Lipinski definition) is 0. The van der Waals surface area contributed by atoms with Gasteiger partial charge in [-0.1, -0.05) is 24.3 Å². The summed E-state index contributed by atoms with van der Waals surface area (Å²) in [5.41, 5.74) is 0.427. The topological polar surface area (TPSA) is 9.23 Å². The molecule has 0 aliphatic heterocycles. The molecule has 1 aromatic carbocycles. The minimum absolute atomic E-state index is 0.0229. The van der Waals surface area contributed by atoms with E-state index >= 15 is 0 Å². The first-order valence-electron chi connectivity index (χ1n) is 10.8. The van der Waals surface area contributed by atoms with E-state index in [-0.39, 0.29) is 5.92 Å². The summed E-state index contributed by atoms with van der Waals surface area (Å²) in [6, 6.07) is 1.99. The molecule has 6 heteroatoms. The molecule has 1 nitrogen and oxygen atoms in total. The lowest BCUT2D eigenvalue weighted by Gasteiger charge is -2.37. The lowest BCUT2D eigenvalue weighted by atomic mass is 9.68. The molecule has 2 fully saturated rings. The Bertz CT molecular complexity index is 728. The number of halogens is 5. The van der Waals surface area contributed by atoms with Gasteiger partial charge in [-0.2, -0.15) is 0 Å². The zero-order valence-corrected chi connectivity index (χ0v) is 17.2. The van der Waals surface area contributed by atoms with Crippen molar-refractivity contribution in [3.05, 3.63) is 53.6 Å². The number of hydrogen-bond acceptors (Lipinski definition) is 1. The largest absolute Gasteiger partial charge is 0.573 e. The molecular weight excluding hydrogens is 399 g/mol. The fraction of sp³-hybridized carbons (Fsp3) is 0.583. The van der Waals surface area contributed by atoms with Crippen LogP contribution in [-0.2, 0) is 0 Å². The van der Waals surface area contributed by atoms with Crippen molar-refractivity contribution in [1.82, 2.24) is 0 Å². The average Bonchev–Trinajstić information content (AvgIpc) is 2.71. The molecule has 0 radical (unpaired) electrons. The smallest absolute Gasteiger partial charge is 0.399 e. The highest BCUT2D eigenvalue weighted by Crippen LogP contribution is 2.45. The van der Waals surface area contributed by atoms with E-state index in [0.29, 0.717) is 23.3 Å². The van der Waals surface area contributed by atoms with E-state index in [2.05, 4.69) is 23.0 Å². The van der Waals surface area contributed by atoms with Crippen molar-refractivity contribution < 1.29 is 26.7 Å². The van der Waals surface area contributed by atoms with Crippen LogP contribution in [0, 0.1) is 29.4 Å². The quantitative estimate of drug-likeness (QED) is 0.340. The van der Waals surface area contributed by atoms with Crippen LogP contribution in [0.4, 0.5) is 22.0 Å². The van der Waals surface area contributed by atoms with Crippen molar-refractivity contribution in [3.8, 4) is 5.75 Å². The van der Waals surface area contributed by atoms with E-state index in [1.165, 1.54) is 25.7 Å². The van der Waals surface area contributed by atoms with Gasteiger partial charge >= 0.3 is 6.36 Å². The molecule has 1 aromatic rings. The summed E-state index contributed by atoms with van der Waals surface area (Å²) in [5.74, 6) is -2.01. The van der Waals surface area contributed by atoms with Gasteiger partial charge in [0, 0.05) is 0 Å². The predicted octanol–water partition coefficient (Wildman–Crippen LogP) is 8.08. The summed E-state index contributed by atoms with van der Waals surface area (Å²) in [4.78, 5) is 0. The van der Waals surface area contributed by atoms with Crippen LogP contribution in [0.3, 0.4) is 0 Å². The Balaban J connectivity index is 1.54. The van der Waals surface area contributed by atoms with E-state index in [9.17, 15) is 22.0 Å². The zero-order chi connectivity index (χ0) is 21.7. The Kier molecular flexibility index (Phi) is 7.59. The van der Waals surface area contributed by atoms with Crippen molar-refractivity contribution in [2.75, 3.05) is 0 Å². The van der Waals surface area contributed by atoms with Crippen LogP contribution in [0.15, 0.2) is 36.4 Å². The monoisotopic (exact) mass is 428 g/mol. The third-order valence-electron chi connectivity index (χ3n) is 6.65. The lowest BCUT2D eigenvalue weighted by molar-refractivity contribution is -0.276. The first kappa shape index (κ1) is 22.8. The number of rotatable bonds is 5. The van der Waals surface area contributed by atoms with Crippen molar-refractivity contribution in [1.29, 1.82) is 0 Å². The maximum absolute atomic E-state index is 14.0. The molecule has 2 aliphatic rings. The molecule has 166 valence electrons. The number of benzene rings is 1. The molecule has 0 saturated heterocycles. The van der Waals surface area contributed by atoms with Crippen LogP contribution < -0.4 is 4.74 Å². The fourth-order valence-corrected chi connectivity index (χ4v) is 5.09. The third kappa shape index (κ3) is 6.08. The van der Waals surface area contributed by atoms with Gasteiger partial charge in [0.2, 0.25) is 5.75 Å². The molecule has 0 heterocycles. The second-order valence-corrected chi connectivity index (χ2v) is 8.56. The van der Waals surface area contributed by atoms with Crippen LogP contribution in [0.25, 0.3) is 0 Å². The molecule has 2 aliphatic carbocycles. The first-order valence-corrected chi connectivity index (χ1v) is 10.8.